The monoisotopic (exact) mass is 230 g/mol. The van der Waals surface area contributed by atoms with E-state index in [9.17, 15) is 0 Å². The van der Waals surface area contributed by atoms with E-state index in [2.05, 4.69) is 29.2 Å². The van der Waals surface area contributed by atoms with Gasteiger partial charge in [-0.25, -0.2) is 5.84 Å². The summed E-state index contributed by atoms with van der Waals surface area (Å²) in [6, 6.07) is 0. The summed E-state index contributed by atoms with van der Waals surface area (Å²) in [7, 11) is 1.70. The molecule has 5 heteroatoms. The number of rotatable bonds is 8. The van der Waals surface area contributed by atoms with Crippen molar-refractivity contribution in [3.05, 3.63) is 0 Å². The number of nitrogens with two attached hydrogens (primary N) is 1. The zero-order valence-electron chi connectivity index (χ0n) is 10.8. The van der Waals surface area contributed by atoms with Gasteiger partial charge in [0.1, 0.15) is 0 Å². The predicted octanol–water partition coefficient (Wildman–Crippen LogP) is 0.964. The molecule has 0 aliphatic carbocycles. The quantitative estimate of drug-likeness (QED) is 0.214. The summed E-state index contributed by atoms with van der Waals surface area (Å²) in [6.45, 7) is 7.70. The first-order valence-corrected chi connectivity index (χ1v) is 6.05. The molecule has 0 saturated heterocycles. The topological polar surface area (TPSA) is 62.9 Å². The van der Waals surface area contributed by atoms with Crippen LogP contribution in [0, 0.1) is 0 Å². The van der Waals surface area contributed by atoms with Gasteiger partial charge in [-0.05, 0) is 19.8 Å². The molecule has 0 aliphatic rings. The number of nitrogens with zero attached hydrogens (tertiary/aromatic N) is 2. The van der Waals surface area contributed by atoms with Crippen LogP contribution in [0.2, 0.25) is 0 Å². The number of aliphatic imine (C=N–C) groups is 1. The fourth-order valence-corrected chi connectivity index (χ4v) is 1.39. The Labute approximate surface area is 99.0 Å². The van der Waals surface area contributed by atoms with Crippen molar-refractivity contribution < 1.29 is 4.74 Å². The van der Waals surface area contributed by atoms with Gasteiger partial charge in [0.05, 0.1) is 0 Å². The largest absolute Gasteiger partial charge is 0.385 e. The normalized spacial score (nSPS) is 11.6. The van der Waals surface area contributed by atoms with Crippen molar-refractivity contribution >= 4 is 5.96 Å². The third-order valence-electron chi connectivity index (χ3n) is 2.36. The van der Waals surface area contributed by atoms with E-state index in [0.29, 0.717) is 0 Å². The fourth-order valence-electron chi connectivity index (χ4n) is 1.39. The Morgan fingerprint density at radius 3 is 2.62 bits per heavy atom. The molecule has 0 heterocycles. The molecule has 0 fully saturated rings. The predicted molar refractivity (Wildman–Crippen MR) is 68.3 cm³/mol. The first-order chi connectivity index (χ1) is 7.79. The van der Waals surface area contributed by atoms with Gasteiger partial charge in [-0.3, -0.25) is 10.4 Å². The molecule has 5 nitrogen and oxygen atoms in total. The molecular formula is C11H26N4O. The van der Waals surface area contributed by atoms with Crippen molar-refractivity contribution in [3.63, 3.8) is 0 Å². The van der Waals surface area contributed by atoms with Gasteiger partial charge in [-0.2, -0.15) is 0 Å². The van der Waals surface area contributed by atoms with Gasteiger partial charge in [0.15, 0.2) is 0 Å². The molecule has 0 aromatic rings. The molecule has 0 spiro atoms. The van der Waals surface area contributed by atoms with Crippen LogP contribution in [0.4, 0.5) is 0 Å². The molecule has 0 rings (SSSR count). The molecule has 96 valence electrons. The SMILES string of the molecule is CCCCN(CC)C(=NCCCOC)NN. The van der Waals surface area contributed by atoms with E-state index < -0.39 is 0 Å². The van der Waals surface area contributed by atoms with Gasteiger partial charge in [0.2, 0.25) is 5.96 Å². The Morgan fingerprint density at radius 1 is 1.38 bits per heavy atom. The number of methoxy groups -OCH3 is 1. The average Bonchev–Trinajstić information content (AvgIpc) is 2.32. The van der Waals surface area contributed by atoms with E-state index in [1.807, 2.05) is 0 Å². The van der Waals surface area contributed by atoms with Crippen LogP contribution in [0.1, 0.15) is 33.1 Å². The third kappa shape index (κ3) is 6.63. The number of ether oxygens (including phenoxy) is 1. The molecule has 0 saturated carbocycles. The fraction of sp³-hybridized carbons (Fsp3) is 0.909. The summed E-state index contributed by atoms with van der Waals surface area (Å²) in [5.41, 5.74) is 2.67. The molecule has 0 aromatic carbocycles. The summed E-state index contributed by atoms with van der Waals surface area (Å²) in [5, 5.41) is 0. The Kier molecular flexibility index (Phi) is 10.2. The van der Waals surface area contributed by atoms with Crippen molar-refractivity contribution in [1.82, 2.24) is 10.3 Å². The lowest BCUT2D eigenvalue weighted by molar-refractivity contribution is 0.197. The molecule has 0 aromatic heterocycles. The smallest absolute Gasteiger partial charge is 0.208 e. The minimum atomic E-state index is 0.739. The van der Waals surface area contributed by atoms with E-state index in [0.717, 1.165) is 45.0 Å². The van der Waals surface area contributed by atoms with Crippen molar-refractivity contribution in [1.29, 1.82) is 0 Å². The minimum Gasteiger partial charge on any atom is -0.385 e. The first-order valence-electron chi connectivity index (χ1n) is 6.05. The molecule has 16 heavy (non-hydrogen) atoms. The molecule has 0 atom stereocenters. The molecular weight excluding hydrogens is 204 g/mol. The maximum absolute atomic E-state index is 5.48. The lowest BCUT2D eigenvalue weighted by atomic mass is 10.3. The molecule has 0 amide bonds. The van der Waals surface area contributed by atoms with Crippen LogP contribution >= 0.6 is 0 Å². The van der Waals surface area contributed by atoms with E-state index in [1.54, 1.807) is 7.11 Å². The Hall–Kier alpha value is -0.810. The van der Waals surface area contributed by atoms with Gasteiger partial charge < -0.3 is 9.64 Å². The van der Waals surface area contributed by atoms with Gasteiger partial charge in [-0.15, -0.1) is 0 Å². The highest BCUT2D eigenvalue weighted by Gasteiger charge is 2.06. The zero-order valence-corrected chi connectivity index (χ0v) is 10.8. The molecule has 3 N–H and O–H groups in total. The van der Waals surface area contributed by atoms with Crippen LogP contribution < -0.4 is 11.3 Å². The highest BCUT2D eigenvalue weighted by molar-refractivity contribution is 5.79. The van der Waals surface area contributed by atoms with E-state index >= 15 is 0 Å². The van der Waals surface area contributed by atoms with E-state index in [-0.39, 0.29) is 0 Å². The Morgan fingerprint density at radius 2 is 2.12 bits per heavy atom. The van der Waals surface area contributed by atoms with Crippen LogP contribution in [0.25, 0.3) is 0 Å². The van der Waals surface area contributed by atoms with Crippen molar-refractivity contribution in [2.45, 2.75) is 33.1 Å². The maximum atomic E-state index is 5.48. The summed E-state index contributed by atoms with van der Waals surface area (Å²) >= 11 is 0. The minimum absolute atomic E-state index is 0.739. The van der Waals surface area contributed by atoms with Crippen LogP contribution in [0.15, 0.2) is 4.99 Å². The Bertz CT molecular complexity index is 185. The third-order valence-corrected chi connectivity index (χ3v) is 2.36. The standard InChI is InChI=1S/C11H26N4O/c1-4-6-9-15(5-2)11(14-12)13-8-7-10-16-3/h4-10,12H2,1-3H3,(H,13,14). The number of nitrogens with one attached hydrogen (secondary N) is 1. The highest BCUT2D eigenvalue weighted by atomic mass is 16.5. The molecule has 0 radical (unpaired) electrons. The second-order valence-corrected chi connectivity index (χ2v) is 3.63. The Balaban J connectivity index is 4.08. The van der Waals surface area contributed by atoms with Crippen molar-refractivity contribution in [2.24, 2.45) is 10.8 Å². The number of hydrogen-bond donors (Lipinski definition) is 2. The summed E-state index contributed by atoms with van der Waals surface area (Å²) in [5.74, 6) is 6.27. The van der Waals surface area contributed by atoms with E-state index in [1.165, 1.54) is 6.42 Å². The van der Waals surface area contributed by atoms with Crippen molar-refractivity contribution in [3.8, 4) is 0 Å². The van der Waals surface area contributed by atoms with Crippen LogP contribution in [0.3, 0.4) is 0 Å². The second kappa shape index (κ2) is 10.7. The zero-order chi connectivity index (χ0) is 12.2. The molecule has 0 bridgehead atoms. The van der Waals surface area contributed by atoms with Crippen molar-refractivity contribution in [2.75, 3.05) is 33.4 Å². The van der Waals surface area contributed by atoms with E-state index in [4.69, 9.17) is 10.6 Å². The molecule has 0 unspecified atom stereocenters. The first kappa shape index (κ1) is 15.2. The summed E-state index contributed by atoms with van der Waals surface area (Å²) < 4.78 is 4.97. The van der Waals surface area contributed by atoms with Crippen LogP contribution in [-0.2, 0) is 4.74 Å². The van der Waals surface area contributed by atoms with Crippen LogP contribution in [0.5, 0.6) is 0 Å². The van der Waals surface area contributed by atoms with Crippen LogP contribution in [-0.4, -0.2) is 44.2 Å². The number of hydrogen-bond acceptors (Lipinski definition) is 3. The maximum Gasteiger partial charge on any atom is 0.208 e. The van der Waals surface area contributed by atoms with Gasteiger partial charge in [0.25, 0.3) is 0 Å². The average molecular weight is 230 g/mol. The van der Waals surface area contributed by atoms with Gasteiger partial charge in [0, 0.05) is 33.4 Å². The lowest BCUT2D eigenvalue weighted by Crippen LogP contribution is -2.45. The molecule has 0 aliphatic heterocycles. The second-order valence-electron chi connectivity index (χ2n) is 3.63. The summed E-state index contributed by atoms with van der Waals surface area (Å²) in [4.78, 5) is 6.59. The van der Waals surface area contributed by atoms with Gasteiger partial charge >= 0.3 is 0 Å². The number of unbranched alkanes of at least 4 members (excludes halogenated alkanes) is 1. The van der Waals surface area contributed by atoms with Gasteiger partial charge in [-0.1, -0.05) is 13.3 Å². The highest BCUT2D eigenvalue weighted by Crippen LogP contribution is 1.96. The number of guanidine groups is 1. The lowest BCUT2D eigenvalue weighted by Gasteiger charge is -2.23. The number of hydrazine groups is 1. The summed E-state index contributed by atoms with van der Waals surface area (Å²) in [6.07, 6.45) is 3.26.